The number of amides is 4. The summed E-state index contributed by atoms with van der Waals surface area (Å²) >= 11 is 0. The smallest absolute Gasteiger partial charge is 0.437 e. The zero-order valence-corrected chi connectivity index (χ0v) is 36.6. The molecule has 2 saturated carbocycles. The first-order chi connectivity index (χ1) is 29.9. The minimum atomic E-state index is -4.94. The van der Waals surface area contributed by atoms with Crippen molar-refractivity contribution in [1.29, 1.82) is 0 Å². The predicted molar refractivity (Wildman–Crippen MR) is 222 cm³/mol. The molecule has 4 amide bonds. The number of nitrogens with one attached hydrogen (secondary N) is 3. The number of halogens is 3. The van der Waals surface area contributed by atoms with E-state index < -0.39 is 91.5 Å². The van der Waals surface area contributed by atoms with Crippen LogP contribution in [0.4, 0.5) is 18.0 Å². The summed E-state index contributed by atoms with van der Waals surface area (Å²) in [6.07, 6.45) is 2.51. The molecule has 6 aliphatic rings. The van der Waals surface area contributed by atoms with Gasteiger partial charge in [0.25, 0.3) is 5.91 Å². The highest BCUT2D eigenvalue weighted by atomic mass is 32.2. The van der Waals surface area contributed by atoms with Crippen LogP contribution in [0.15, 0.2) is 30.4 Å². The molecule has 2 saturated heterocycles. The zero-order valence-electron chi connectivity index (χ0n) is 35.8. The molecule has 15 nitrogen and oxygen atoms in total. The molecule has 4 fully saturated rings. The molecule has 2 aliphatic carbocycles. The second-order valence-corrected chi connectivity index (χ2v) is 20.6. The molecule has 1 aromatic heterocycles. The number of carbonyl (C=O) groups is 4. The Morgan fingerprint density at radius 3 is 2.56 bits per heavy atom. The van der Waals surface area contributed by atoms with E-state index in [1.165, 1.54) is 17.9 Å². The molecule has 2 aromatic rings. The van der Waals surface area contributed by atoms with E-state index in [0.29, 0.717) is 82.1 Å². The molecule has 0 bridgehead atoms. The van der Waals surface area contributed by atoms with E-state index in [9.17, 15) is 40.8 Å². The third-order valence-corrected chi connectivity index (χ3v) is 15.9. The maximum atomic E-state index is 15.0. The quantitative estimate of drug-likeness (QED) is 0.273. The fourth-order valence-electron chi connectivity index (χ4n) is 9.20. The lowest BCUT2D eigenvalue weighted by atomic mass is 9.87. The van der Waals surface area contributed by atoms with Crippen LogP contribution in [-0.2, 0) is 46.5 Å². The van der Waals surface area contributed by atoms with Crippen LogP contribution in [0, 0.1) is 5.92 Å². The minimum absolute atomic E-state index is 0.0628. The number of aromatic nitrogens is 1. The Hall–Kier alpha value is -4.65. The Bertz CT molecular complexity index is 2280. The topological polar surface area (TPSA) is 192 Å². The fraction of sp³-hybridized carbons (Fsp3) is 0.659. The summed E-state index contributed by atoms with van der Waals surface area (Å²) in [6, 6.07) is 2.17. The van der Waals surface area contributed by atoms with Crippen molar-refractivity contribution in [2.24, 2.45) is 5.92 Å². The largest absolute Gasteiger partial charge is 0.490 e. The Kier molecular flexibility index (Phi) is 12.2. The Morgan fingerprint density at radius 2 is 1.84 bits per heavy atom. The zero-order chi connectivity index (χ0) is 45.0. The molecule has 8 rings (SSSR count). The van der Waals surface area contributed by atoms with Crippen molar-refractivity contribution in [2.45, 2.75) is 157 Å². The summed E-state index contributed by atoms with van der Waals surface area (Å²) in [5.41, 5.74) is -4.10. The van der Waals surface area contributed by atoms with Gasteiger partial charge >= 0.3 is 12.3 Å². The van der Waals surface area contributed by atoms with Crippen LogP contribution in [0.5, 0.6) is 11.5 Å². The number of fused-ring (bicyclic) bond motifs is 5. The number of hydrogen-bond donors (Lipinski definition) is 3. The van der Waals surface area contributed by atoms with Gasteiger partial charge in [0, 0.05) is 36.1 Å². The van der Waals surface area contributed by atoms with Gasteiger partial charge in [0.15, 0.2) is 11.4 Å². The van der Waals surface area contributed by atoms with E-state index in [0.717, 1.165) is 0 Å². The summed E-state index contributed by atoms with van der Waals surface area (Å²) in [5.74, 6) is -3.00. The molecule has 0 radical (unpaired) electrons. The standard InChI is InChI=1S/C44H56F3N5O10S/c1-4-26(2)60-40(56)49-33-11-9-7-5-6-8-10-27-23-43(27,39(55)51-63(57,58)41(3)18-19-41)50-37(53)34-24-42(25-52(34)38(33)54)17-14-30-31-22-29(61-28-15-20-59-21-16-28)12-13-32(31)48-36(35(30)62-42)44(45,46)47/h8,10,12-13,22,26-28,33-34H,4-7,9,11,14-21,23-25H2,1-3H3,(H,49,56)(H,50,53)(H,51,55). The summed E-state index contributed by atoms with van der Waals surface area (Å²) in [4.78, 5) is 62.0. The summed E-state index contributed by atoms with van der Waals surface area (Å²) < 4.78 is 96.1. The number of benzene rings is 1. The highest BCUT2D eigenvalue weighted by Crippen LogP contribution is 2.51. The first kappa shape index (κ1) is 44.9. The molecule has 19 heteroatoms. The van der Waals surface area contributed by atoms with E-state index in [2.05, 4.69) is 20.3 Å². The number of nitrogens with zero attached hydrogens (tertiary/aromatic N) is 2. The maximum absolute atomic E-state index is 15.0. The average Bonchev–Trinajstić information content (AvgIpc) is 4.13. The Balaban J connectivity index is 1.15. The summed E-state index contributed by atoms with van der Waals surface area (Å²) in [7, 11) is -4.10. The van der Waals surface area contributed by atoms with Crippen molar-refractivity contribution in [1.82, 2.24) is 25.2 Å². The van der Waals surface area contributed by atoms with E-state index in [4.69, 9.17) is 18.9 Å². The number of ether oxygens (including phenoxy) is 4. The van der Waals surface area contributed by atoms with Gasteiger partial charge in [-0.05, 0) is 89.8 Å². The number of sulfonamides is 1. The third-order valence-electron chi connectivity index (χ3n) is 13.7. The van der Waals surface area contributed by atoms with Gasteiger partial charge in [0.1, 0.15) is 41.2 Å². The highest BCUT2D eigenvalue weighted by Gasteiger charge is 2.64. The molecule has 344 valence electrons. The lowest BCUT2D eigenvalue weighted by Crippen LogP contribution is -2.58. The SMILES string of the molecule is CCC(C)OC(=O)NC1CCCCCC=CC2CC2(C(=O)NS(=O)(=O)C2(C)CC2)NC(=O)C2CC3(CCc4c(c(C(F)(F)F)nc5ccc(OC6CCOCC6)cc45)O3)CN2C1=O. The maximum Gasteiger partial charge on any atom is 0.437 e. The van der Waals surface area contributed by atoms with Crippen molar-refractivity contribution >= 4 is 44.7 Å². The number of alkyl carbamates (subject to hydrolysis) is 1. The number of pyridine rings is 1. The molecule has 1 aromatic carbocycles. The van der Waals surface area contributed by atoms with Gasteiger partial charge in [-0.3, -0.25) is 19.1 Å². The third kappa shape index (κ3) is 9.18. The van der Waals surface area contributed by atoms with E-state index >= 15 is 0 Å². The van der Waals surface area contributed by atoms with Crippen molar-refractivity contribution in [3.8, 4) is 11.5 Å². The van der Waals surface area contributed by atoms with Gasteiger partial charge in [0.05, 0.1) is 30.0 Å². The molecule has 6 unspecified atom stereocenters. The van der Waals surface area contributed by atoms with E-state index in [-0.39, 0.29) is 55.8 Å². The number of alkyl halides is 3. The fourth-order valence-corrected chi connectivity index (χ4v) is 10.5. The van der Waals surface area contributed by atoms with Crippen molar-refractivity contribution < 1.29 is 59.7 Å². The Morgan fingerprint density at radius 1 is 1.08 bits per heavy atom. The number of rotatable bonds is 8. The van der Waals surface area contributed by atoms with Crippen LogP contribution < -0.4 is 24.8 Å². The second-order valence-electron chi connectivity index (χ2n) is 18.4. The molecule has 6 atom stereocenters. The average molecular weight is 904 g/mol. The van der Waals surface area contributed by atoms with Gasteiger partial charge < -0.3 is 34.5 Å². The lowest BCUT2D eigenvalue weighted by Gasteiger charge is -2.37. The molecule has 4 aliphatic heterocycles. The summed E-state index contributed by atoms with van der Waals surface area (Å²) in [6.45, 7) is 5.80. The van der Waals surface area contributed by atoms with E-state index in [1.807, 2.05) is 13.0 Å². The van der Waals surface area contributed by atoms with Crippen molar-refractivity contribution in [2.75, 3.05) is 19.8 Å². The number of allylic oxidation sites excluding steroid dienone is 1. The monoisotopic (exact) mass is 903 g/mol. The number of aryl methyl sites for hydroxylation is 1. The van der Waals surface area contributed by atoms with Crippen LogP contribution in [0.25, 0.3) is 10.9 Å². The first-order valence-corrected chi connectivity index (χ1v) is 23.6. The Labute approximate surface area is 364 Å². The second kappa shape index (κ2) is 17.0. The molecule has 63 heavy (non-hydrogen) atoms. The van der Waals surface area contributed by atoms with Gasteiger partial charge in [-0.2, -0.15) is 13.2 Å². The molecule has 5 heterocycles. The molecular weight excluding hydrogens is 848 g/mol. The van der Waals surface area contributed by atoms with Crippen LogP contribution in [-0.4, -0.2) is 102 Å². The predicted octanol–water partition coefficient (Wildman–Crippen LogP) is 5.76. The van der Waals surface area contributed by atoms with Gasteiger partial charge in [-0.25, -0.2) is 18.2 Å². The molecule has 3 N–H and O–H groups in total. The first-order valence-electron chi connectivity index (χ1n) is 22.2. The number of hydrogen-bond acceptors (Lipinski definition) is 11. The van der Waals surface area contributed by atoms with Gasteiger partial charge in [-0.15, -0.1) is 0 Å². The molecular formula is C44H56F3N5O10S. The van der Waals surface area contributed by atoms with Crippen LogP contribution in [0.3, 0.4) is 0 Å². The highest BCUT2D eigenvalue weighted by molar-refractivity contribution is 7.91. The normalized spacial score (nSPS) is 29.2. The van der Waals surface area contributed by atoms with Crippen molar-refractivity contribution in [3.05, 3.63) is 41.6 Å². The lowest BCUT2D eigenvalue weighted by molar-refractivity contribution is -0.144. The number of carbonyl (C=O) groups excluding carboxylic acids is 4. The minimum Gasteiger partial charge on any atom is -0.490 e. The van der Waals surface area contributed by atoms with Gasteiger partial charge in [-0.1, -0.05) is 31.9 Å². The summed E-state index contributed by atoms with van der Waals surface area (Å²) in [5, 5.41) is 5.91. The van der Waals surface area contributed by atoms with Crippen LogP contribution >= 0.6 is 0 Å². The molecule has 1 spiro atoms. The van der Waals surface area contributed by atoms with Crippen LogP contribution in [0.1, 0.15) is 115 Å². The van der Waals surface area contributed by atoms with Crippen LogP contribution in [0.2, 0.25) is 0 Å². The van der Waals surface area contributed by atoms with Gasteiger partial charge in [0.2, 0.25) is 21.8 Å². The van der Waals surface area contributed by atoms with E-state index in [1.54, 1.807) is 25.1 Å². The van der Waals surface area contributed by atoms with Crippen molar-refractivity contribution in [3.63, 3.8) is 0 Å².